The second-order valence-corrected chi connectivity index (χ2v) is 5.14. The number of H-pyrrole nitrogens is 1. The highest BCUT2D eigenvalue weighted by Gasteiger charge is 2.05. The van der Waals surface area contributed by atoms with Gasteiger partial charge in [-0.3, -0.25) is 4.99 Å². The van der Waals surface area contributed by atoms with Crippen LogP contribution in [-0.4, -0.2) is 43.8 Å². The third-order valence-electron chi connectivity index (χ3n) is 3.47. The number of benzene rings is 1. The minimum Gasteiger partial charge on any atom is -0.380 e. The molecule has 0 saturated carbocycles. The predicted octanol–water partition coefficient (Wildman–Crippen LogP) is 3.06. The Balaban J connectivity index is 0.00000288. The van der Waals surface area contributed by atoms with E-state index in [0.29, 0.717) is 19.8 Å². The molecule has 2 rings (SSSR count). The average molecular weight is 448 g/mol. The first-order chi connectivity index (χ1) is 11.2. The maximum atomic E-state index is 13.4. The standard InChI is InChI=1S/C17H25FN4O.HI/c1-3-19-17(21-9-10-23-4-2)20-8-7-13-12-22-16-6-5-14(18)11-15(13)16;/h5-6,11-12,22H,3-4,7-10H2,1-2H3,(H2,19,20,21);1H. The summed E-state index contributed by atoms with van der Waals surface area (Å²) < 4.78 is 18.7. The molecule has 0 saturated heterocycles. The number of aromatic nitrogens is 1. The molecule has 1 heterocycles. The van der Waals surface area contributed by atoms with E-state index in [9.17, 15) is 4.39 Å². The van der Waals surface area contributed by atoms with Crippen LogP contribution < -0.4 is 10.6 Å². The van der Waals surface area contributed by atoms with Crippen molar-refractivity contribution in [2.75, 3.05) is 32.8 Å². The quantitative estimate of drug-likeness (QED) is 0.252. The zero-order chi connectivity index (χ0) is 16.5. The lowest BCUT2D eigenvalue weighted by Crippen LogP contribution is -2.38. The number of nitrogens with zero attached hydrogens (tertiary/aromatic N) is 1. The topological polar surface area (TPSA) is 61.4 Å². The fourth-order valence-electron chi connectivity index (χ4n) is 2.38. The molecule has 0 aliphatic carbocycles. The molecule has 1 aromatic carbocycles. The van der Waals surface area contributed by atoms with Crippen LogP contribution in [0.25, 0.3) is 10.9 Å². The van der Waals surface area contributed by atoms with Gasteiger partial charge in [0, 0.05) is 36.8 Å². The van der Waals surface area contributed by atoms with E-state index in [0.717, 1.165) is 41.9 Å². The number of hydrogen-bond donors (Lipinski definition) is 3. The summed E-state index contributed by atoms with van der Waals surface area (Å²) in [6, 6.07) is 4.80. The maximum Gasteiger partial charge on any atom is 0.191 e. The Hall–Kier alpha value is -1.35. The molecule has 0 aliphatic rings. The van der Waals surface area contributed by atoms with Crippen LogP contribution in [0.3, 0.4) is 0 Å². The van der Waals surface area contributed by atoms with Gasteiger partial charge in [0.15, 0.2) is 5.96 Å². The van der Waals surface area contributed by atoms with E-state index in [2.05, 4.69) is 20.6 Å². The van der Waals surface area contributed by atoms with E-state index in [1.807, 2.05) is 20.0 Å². The van der Waals surface area contributed by atoms with Crippen LogP contribution in [0, 0.1) is 5.82 Å². The molecular formula is C17H26FIN4O. The highest BCUT2D eigenvalue weighted by molar-refractivity contribution is 14.0. The van der Waals surface area contributed by atoms with Crippen LogP contribution >= 0.6 is 24.0 Å². The van der Waals surface area contributed by atoms with Gasteiger partial charge in [0.2, 0.25) is 0 Å². The fourth-order valence-corrected chi connectivity index (χ4v) is 2.38. The van der Waals surface area contributed by atoms with Crippen molar-refractivity contribution >= 4 is 40.8 Å². The summed E-state index contributed by atoms with van der Waals surface area (Å²) >= 11 is 0. The van der Waals surface area contributed by atoms with Crippen LogP contribution in [0.2, 0.25) is 0 Å². The number of hydrogen-bond acceptors (Lipinski definition) is 2. The molecule has 0 spiro atoms. The largest absolute Gasteiger partial charge is 0.380 e. The first-order valence-corrected chi connectivity index (χ1v) is 8.10. The summed E-state index contributed by atoms with van der Waals surface area (Å²) in [7, 11) is 0. The van der Waals surface area contributed by atoms with Crippen LogP contribution in [0.15, 0.2) is 29.4 Å². The minimum absolute atomic E-state index is 0. The van der Waals surface area contributed by atoms with Crippen molar-refractivity contribution in [2.45, 2.75) is 20.3 Å². The summed E-state index contributed by atoms with van der Waals surface area (Å²) in [5.41, 5.74) is 2.05. The van der Waals surface area contributed by atoms with Crippen molar-refractivity contribution in [3.63, 3.8) is 0 Å². The SMILES string of the molecule is CCNC(=NCCOCC)NCCc1c[nH]c2ccc(F)cc12.I. The summed E-state index contributed by atoms with van der Waals surface area (Å²) in [5.74, 6) is 0.565. The van der Waals surface area contributed by atoms with Crippen molar-refractivity contribution < 1.29 is 9.13 Å². The number of halogens is 2. The van der Waals surface area contributed by atoms with Crippen molar-refractivity contribution in [2.24, 2.45) is 4.99 Å². The molecule has 1 aromatic heterocycles. The zero-order valence-electron chi connectivity index (χ0n) is 14.2. The lowest BCUT2D eigenvalue weighted by molar-refractivity contribution is 0.155. The van der Waals surface area contributed by atoms with Gasteiger partial charge < -0.3 is 20.4 Å². The van der Waals surface area contributed by atoms with Crippen LogP contribution in [0.4, 0.5) is 4.39 Å². The molecule has 7 heteroatoms. The molecule has 0 bridgehead atoms. The average Bonchev–Trinajstić information content (AvgIpc) is 2.94. The highest BCUT2D eigenvalue weighted by atomic mass is 127. The van der Waals surface area contributed by atoms with Gasteiger partial charge in [-0.2, -0.15) is 0 Å². The summed E-state index contributed by atoms with van der Waals surface area (Å²) in [4.78, 5) is 7.62. The Morgan fingerprint density at radius 3 is 2.88 bits per heavy atom. The minimum atomic E-state index is -0.211. The van der Waals surface area contributed by atoms with E-state index < -0.39 is 0 Å². The van der Waals surface area contributed by atoms with Gasteiger partial charge in [0.1, 0.15) is 5.82 Å². The molecular weight excluding hydrogens is 422 g/mol. The molecule has 3 N–H and O–H groups in total. The number of nitrogens with one attached hydrogen (secondary N) is 3. The Morgan fingerprint density at radius 1 is 1.29 bits per heavy atom. The zero-order valence-corrected chi connectivity index (χ0v) is 16.5. The van der Waals surface area contributed by atoms with Crippen molar-refractivity contribution in [3.8, 4) is 0 Å². The van der Waals surface area contributed by atoms with E-state index in [-0.39, 0.29) is 29.8 Å². The second-order valence-electron chi connectivity index (χ2n) is 5.14. The number of ether oxygens (including phenoxy) is 1. The van der Waals surface area contributed by atoms with E-state index >= 15 is 0 Å². The molecule has 134 valence electrons. The number of rotatable bonds is 8. The number of guanidine groups is 1. The van der Waals surface area contributed by atoms with Crippen molar-refractivity contribution in [1.82, 2.24) is 15.6 Å². The van der Waals surface area contributed by atoms with Gasteiger partial charge >= 0.3 is 0 Å². The molecule has 0 aliphatic heterocycles. The van der Waals surface area contributed by atoms with Gasteiger partial charge in [0.05, 0.1) is 13.2 Å². The van der Waals surface area contributed by atoms with Gasteiger partial charge in [-0.05, 0) is 44.0 Å². The van der Waals surface area contributed by atoms with E-state index in [1.54, 1.807) is 12.1 Å². The van der Waals surface area contributed by atoms with Gasteiger partial charge in [-0.1, -0.05) is 0 Å². The van der Waals surface area contributed by atoms with Crippen molar-refractivity contribution in [3.05, 3.63) is 35.8 Å². The third kappa shape index (κ3) is 6.27. The maximum absolute atomic E-state index is 13.4. The van der Waals surface area contributed by atoms with Crippen molar-refractivity contribution in [1.29, 1.82) is 0 Å². The molecule has 0 amide bonds. The second kappa shape index (κ2) is 11.2. The summed E-state index contributed by atoms with van der Waals surface area (Å²) in [6.45, 7) is 7.48. The molecule has 0 atom stereocenters. The van der Waals surface area contributed by atoms with E-state index in [1.165, 1.54) is 6.07 Å². The highest BCUT2D eigenvalue weighted by Crippen LogP contribution is 2.19. The van der Waals surface area contributed by atoms with Gasteiger partial charge in [-0.15, -0.1) is 24.0 Å². The molecule has 0 unspecified atom stereocenters. The van der Waals surface area contributed by atoms with Gasteiger partial charge in [0.25, 0.3) is 0 Å². The lowest BCUT2D eigenvalue weighted by Gasteiger charge is -2.11. The third-order valence-corrected chi connectivity index (χ3v) is 3.47. The Labute approximate surface area is 159 Å². The van der Waals surface area contributed by atoms with Crippen LogP contribution in [-0.2, 0) is 11.2 Å². The molecule has 24 heavy (non-hydrogen) atoms. The Bertz CT molecular complexity index is 645. The Morgan fingerprint density at radius 2 is 2.12 bits per heavy atom. The predicted molar refractivity (Wildman–Crippen MR) is 108 cm³/mol. The monoisotopic (exact) mass is 448 g/mol. The fraction of sp³-hybridized carbons (Fsp3) is 0.471. The molecule has 0 fully saturated rings. The molecule has 0 radical (unpaired) electrons. The first kappa shape index (κ1) is 20.7. The van der Waals surface area contributed by atoms with Crippen LogP contribution in [0.1, 0.15) is 19.4 Å². The first-order valence-electron chi connectivity index (χ1n) is 8.10. The number of aromatic amines is 1. The summed E-state index contributed by atoms with van der Waals surface area (Å²) in [5, 5.41) is 7.43. The normalized spacial score (nSPS) is 11.4. The lowest BCUT2D eigenvalue weighted by atomic mass is 10.1. The molecule has 5 nitrogen and oxygen atoms in total. The molecule has 2 aromatic rings. The summed E-state index contributed by atoms with van der Waals surface area (Å²) in [6.07, 6.45) is 2.73. The number of aliphatic imine (C=N–C) groups is 1. The Kier molecular flexibility index (Phi) is 9.70. The van der Waals surface area contributed by atoms with Crippen LogP contribution in [0.5, 0.6) is 0 Å². The number of fused-ring (bicyclic) bond motifs is 1. The van der Waals surface area contributed by atoms with E-state index in [4.69, 9.17) is 4.74 Å². The smallest absolute Gasteiger partial charge is 0.191 e. The van der Waals surface area contributed by atoms with Gasteiger partial charge in [-0.25, -0.2) is 4.39 Å².